The van der Waals surface area contributed by atoms with Crippen LogP contribution in [0.5, 0.6) is 5.75 Å². The summed E-state index contributed by atoms with van der Waals surface area (Å²) in [4.78, 5) is 0. The van der Waals surface area contributed by atoms with Crippen molar-refractivity contribution in [3.63, 3.8) is 0 Å². The smallest absolute Gasteiger partial charge is 0.119 e. The average Bonchev–Trinajstić information content (AvgIpc) is 2.18. The van der Waals surface area contributed by atoms with Crippen LogP contribution in [0.25, 0.3) is 10.8 Å². The van der Waals surface area contributed by atoms with Gasteiger partial charge < -0.3 is 10.5 Å². The molecule has 2 nitrogen and oxygen atoms in total. The van der Waals surface area contributed by atoms with E-state index in [4.69, 9.17) is 10.5 Å². The molecule has 0 aliphatic heterocycles. The van der Waals surface area contributed by atoms with E-state index >= 15 is 0 Å². The Labute approximate surface area is 83.3 Å². The molecule has 2 aromatic carbocycles. The first-order valence-corrected chi connectivity index (χ1v) is 4.68. The van der Waals surface area contributed by atoms with Crippen LogP contribution < -0.4 is 10.5 Å². The van der Waals surface area contributed by atoms with Gasteiger partial charge in [0.1, 0.15) is 5.75 Å². The lowest BCUT2D eigenvalue weighted by Crippen LogP contribution is -1.90. The lowest BCUT2D eigenvalue weighted by molar-refractivity contribution is 0.341. The minimum absolute atomic E-state index is 0.561. The number of nitrogens with one attached hydrogen (secondary N) is 1. The van der Waals surface area contributed by atoms with E-state index in [0.717, 1.165) is 16.5 Å². The van der Waals surface area contributed by atoms with E-state index in [1.807, 2.05) is 37.3 Å². The van der Waals surface area contributed by atoms with Crippen molar-refractivity contribution >= 4 is 16.5 Å². The van der Waals surface area contributed by atoms with Gasteiger partial charge in [0.15, 0.2) is 0 Å². The van der Waals surface area contributed by atoms with Crippen LogP contribution in [0.15, 0.2) is 36.4 Å². The maximum absolute atomic E-state index is 7.70. The summed E-state index contributed by atoms with van der Waals surface area (Å²) in [6, 6.07) is 11.5. The molecule has 14 heavy (non-hydrogen) atoms. The first kappa shape index (κ1) is 8.88. The summed E-state index contributed by atoms with van der Waals surface area (Å²) >= 11 is 0. The minimum atomic E-state index is 0.561. The van der Waals surface area contributed by atoms with Gasteiger partial charge in [-0.2, -0.15) is 0 Å². The second-order valence-corrected chi connectivity index (χ2v) is 3.12. The summed E-state index contributed by atoms with van der Waals surface area (Å²) in [5, 5.41) is 2.03. The van der Waals surface area contributed by atoms with E-state index in [2.05, 4.69) is 0 Å². The Balaban J connectivity index is 2.56. The molecule has 0 saturated carbocycles. The van der Waals surface area contributed by atoms with Gasteiger partial charge in [-0.3, -0.25) is 0 Å². The van der Waals surface area contributed by atoms with Crippen molar-refractivity contribution in [2.45, 2.75) is 6.92 Å². The Kier molecular flexibility index (Phi) is 2.27. The van der Waals surface area contributed by atoms with Crippen molar-refractivity contribution in [2.24, 2.45) is 0 Å². The molecule has 0 aliphatic rings. The van der Waals surface area contributed by atoms with Gasteiger partial charge in [0.05, 0.1) is 12.3 Å². The van der Waals surface area contributed by atoms with Crippen molar-refractivity contribution in [2.75, 3.05) is 6.61 Å². The van der Waals surface area contributed by atoms with Crippen LogP contribution in [0.1, 0.15) is 6.92 Å². The van der Waals surface area contributed by atoms with Crippen LogP contribution in [-0.2, 0) is 0 Å². The molecule has 2 rings (SSSR count). The predicted molar refractivity (Wildman–Crippen MR) is 57.9 cm³/mol. The fourth-order valence-corrected chi connectivity index (χ4v) is 1.52. The second-order valence-electron chi connectivity index (χ2n) is 3.12. The Hall–Kier alpha value is -1.70. The molecule has 1 N–H and O–H groups in total. The summed E-state index contributed by atoms with van der Waals surface area (Å²) < 4.78 is 5.39. The predicted octanol–water partition coefficient (Wildman–Crippen LogP) is 3.15. The van der Waals surface area contributed by atoms with E-state index in [-0.39, 0.29) is 0 Å². The van der Waals surface area contributed by atoms with E-state index < -0.39 is 0 Å². The van der Waals surface area contributed by atoms with Crippen molar-refractivity contribution < 1.29 is 4.74 Å². The molecule has 0 fully saturated rings. The summed E-state index contributed by atoms with van der Waals surface area (Å²) in [7, 11) is 0. The van der Waals surface area contributed by atoms with Crippen molar-refractivity contribution in [3.8, 4) is 5.75 Å². The maximum Gasteiger partial charge on any atom is 0.119 e. The van der Waals surface area contributed by atoms with Gasteiger partial charge in [-0.1, -0.05) is 12.1 Å². The molecule has 0 amide bonds. The quantitative estimate of drug-likeness (QED) is 0.709. The highest BCUT2D eigenvalue weighted by Crippen LogP contribution is 2.25. The van der Waals surface area contributed by atoms with E-state index in [1.54, 1.807) is 6.07 Å². The van der Waals surface area contributed by atoms with Gasteiger partial charge in [0, 0.05) is 5.39 Å². The molecule has 0 saturated heterocycles. The minimum Gasteiger partial charge on any atom is -0.494 e. The number of ether oxygens (including phenoxy) is 1. The van der Waals surface area contributed by atoms with E-state index in [9.17, 15) is 0 Å². The molecule has 0 aliphatic carbocycles. The number of fused-ring (bicyclic) bond motifs is 1. The van der Waals surface area contributed by atoms with Crippen LogP contribution in [0.2, 0.25) is 0 Å². The second kappa shape index (κ2) is 3.58. The summed E-state index contributed by atoms with van der Waals surface area (Å²) in [5.74, 6) is 0.866. The van der Waals surface area contributed by atoms with Gasteiger partial charge in [0.2, 0.25) is 0 Å². The normalized spacial score (nSPS) is 10.4. The number of hydrogen-bond donors (Lipinski definition) is 0. The SMILES string of the molecule is CCOc1ccc2c([NH])cccc2c1. The first-order chi connectivity index (χ1) is 6.81. The largest absolute Gasteiger partial charge is 0.494 e. The molecule has 0 aromatic heterocycles. The van der Waals surface area contributed by atoms with E-state index in [0.29, 0.717) is 12.3 Å². The highest BCUT2D eigenvalue weighted by Gasteiger charge is 1.99. The Morgan fingerprint density at radius 1 is 1.21 bits per heavy atom. The van der Waals surface area contributed by atoms with Crippen molar-refractivity contribution in [1.29, 1.82) is 0 Å². The number of benzene rings is 2. The van der Waals surface area contributed by atoms with Crippen LogP contribution >= 0.6 is 0 Å². The summed E-state index contributed by atoms with van der Waals surface area (Å²) in [6.45, 7) is 2.64. The molecule has 0 unspecified atom stereocenters. The third-order valence-electron chi connectivity index (χ3n) is 2.16. The van der Waals surface area contributed by atoms with E-state index in [1.165, 1.54) is 0 Å². The molecular weight excluding hydrogens is 174 g/mol. The highest BCUT2D eigenvalue weighted by molar-refractivity contribution is 5.92. The number of hydrogen-bond acceptors (Lipinski definition) is 1. The lowest BCUT2D eigenvalue weighted by Gasteiger charge is -2.05. The third kappa shape index (κ3) is 1.51. The monoisotopic (exact) mass is 186 g/mol. The molecule has 1 radical (unpaired) electrons. The molecule has 2 aromatic rings. The summed E-state index contributed by atoms with van der Waals surface area (Å²) in [5.41, 5.74) is 8.26. The molecular formula is C12H12NO. The van der Waals surface area contributed by atoms with Crippen LogP contribution in [0.4, 0.5) is 5.69 Å². The van der Waals surface area contributed by atoms with Gasteiger partial charge in [-0.25, -0.2) is 0 Å². The summed E-state index contributed by atoms with van der Waals surface area (Å²) in [6.07, 6.45) is 0. The maximum atomic E-state index is 7.70. The van der Waals surface area contributed by atoms with Crippen molar-refractivity contribution in [3.05, 3.63) is 36.4 Å². The fraction of sp³-hybridized carbons (Fsp3) is 0.167. The fourth-order valence-electron chi connectivity index (χ4n) is 1.52. The van der Waals surface area contributed by atoms with Gasteiger partial charge >= 0.3 is 0 Å². The standard InChI is InChI=1S/C12H12NO/c1-2-14-10-6-7-11-9(8-10)4-3-5-12(11)13/h3-8,13H,2H2,1H3. The molecule has 0 atom stereocenters. The lowest BCUT2D eigenvalue weighted by atomic mass is 10.1. The molecule has 0 spiro atoms. The average molecular weight is 186 g/mol. The molecule has 2 heteroatoms. The Bertz CT molecular complexity index is 451. The van der Waals surface area contributed by atoms with Crippen LogP contribution in [0.3, 0.4) is 0 Å². The zero-order valence-corrected chi connectivity index (χ0v) is 8.08. The first-order valence-electron chi connectivity index (χ1n) is 4.68. The zero-order valence-electron chi connectivity index (χ0n) is 8.08. The van der Waals surface area contributed by atoms with Gasteiger partial charge in [0.25, 0.3) is 0 Å². The van der Waals surface area contributed by atoms with Gasteiger partial charge in [-0.05, 0) is 36.6 Å². The van der Waals surface area contributed by atoms with Crippen LogP contribution in [-0.4, -0.2) is 6.61 Å². The zero-order chi connectivity index (χ0) is 9.97. The Morgan fingerprint density at radius 3 is 2.86 bits per heavy atom. The van der Waals surface area contributed by atoms with Crippen molar-refractivity contribution in [1.82, 2.24) is 5.73 Å². The molecule has 0 heterocycles. The highest BCUT2D eigenvalue weighted by atomic mass is 16.5. The van der Waals surface area contributed by atoms with Crippen LogP contribution in [0, 0.1) is 0 Å². The van der Waals surface area contributed by atoms with Gasteiger partial charge in [-0.15, -0.1) is 0 Å². The number of rotatable bonds is 2. The topological polar surface area (TPSA) is 33.0 Å². The molecule has 0 bridgehead atoms. The molecule has 71 valence electrons. The third-order valence-corrected chi connectivity index (χ3v) is 2.16. The Morgan fingerprint density at radius 2 is 2.07 bits per heavy atom.